The summed E-state index contributed by atoms with van der Waals surface area (Å²) >= 11 is 0. The van der Waals surface area contributed by atoms with Gasteiger partial charge in [-0.2, -0.15) is 21.6 Å². The monoisotopic (exact) mass is 444 g/mol. The van der Waals surface area contributed by atoms with Crippen LogP contribution in [0.3, 0.4) is 0 Å². The minimum Gasteiger partial charge on any atom is -0.305 e. The van der Waals surface area contributed by atoms with Crippen molar-refractivity contribution in [3.05, 3.63) is 35.7 Å². The fourth-order valence-corrected chi connectivity index (χ4v) is 4.93. The average Bonchev–Trinajstić information content (AvgIpc) is 2.66. The Morgan fingerprint density at radius 2 is 1.90 bits per heavy atom. The first-order valence-electron chi connectivity index (χ1n) is 9.71. The highest BCUT2D eigenvalue weighted by Gasteiger charge is 2.35. The summed E-state index contributed by atoms with van der Waals surface area (Å²) in [6.45, 7) is 3.63. The van der Waals surface area contributed by atoms with E-state index in [2.05, 4.69) is 21.6 Å². The van der Waals surface area contributed by atoms with Crippen molar-refractivity contribution in [1.29, 1.82) is 0 Å². The van der Waals surface area contributed by atoms with E-state index in [1.807, 2.05) is 0 Å². The maximum atomic E-state index is 12.9. The Kier molecular flexibility index (Phi) is 6.21. The summed E-state index contributed by atoms with van der Waals surface area (Å²) in [4.78, 5) is 16.2. The summed E-state index contributed by atoms with van der Waals surface area (Å²) in [5.41, 5.74) is -1.02. The molecule has 1 aliphatic heterocycles. The van der Waals surface area contributed by atoms with E-state index in [1.54, 1.807) is 6.92 Å². The number of carbonyl (C=O) groups excluding carboxylic acids is 1. The van der Waals surface area contributed by atoms with Gasteiger partial charge in [-0.1, -0.05) is 25.8 Å². The molecule has 0 atom stereocenters. The number of pyridine rings is 1. The van der Waals surface area contributed by atoms with E-state index in [0.29, 0.717) is 11.6 Å². The van der Waals surface area contributed by atoms with Crippen LogP contribution in [0.1, 0.15) is 45.2 Å². The summed E-state index contributed by atoms with van der Waals surface area (Å²) in [7, 11) is -4.11. The predicted molar refractivity (Wildman–Crippen MR) is 106 cm³/mol. The molecule has 2 aliphatic rings. The molecule has 1 aromatic heterocycles. The fraction of sp³-hybridized carbons (Fsp3) is 0.526. The fourth-order valence-electron chi connectivity index (χ4n) is 3.65. The van der Waals surface area contributed by atoms with E-state index < -0.39 is 28.0 Å². The Labute approximate surface area is 173 Å². The van der Waals surface area contributed by atoms with E-state index in [0.717, 1.165) is 42.1 Å². The Bertz CT molecular complexity index is 981. The Morgan fingerprint density at radius 1 is 1.23 bits per heavy atom. The number of halogens is 3. The molecule has 1 N–H and O–H groups in total. The number of hydrogen-bond acceptors (Lipinski definition) is 4. The van der Waals surface area contributed by atoms with E-state index >= 15 is 0 Å². The standard InChI is InChI=1S/C19H23F3N4O3S/c1-3-26-15(18(27)24-17-6-4-5-16(23-17)19(20,21)22)11-14(25-30(26,28)29)13-9-7-12(2)8-10-13/h4-6,11-13H,3,7-10H2,1-2H3,(H,23,24,27). The van der Waals surface area contributed by atoms with Gasteiger partial charge in [-0.3, -0.25) is 4.79 Å². The molecule has 164 valence electrons. The number of amides is 1. The van der Waals surface area contributed by atoms with Gasteiger partial charge in [-0.05, 0) is 43.9 Å². The van der Waals surface area contributed by atoms with Gasteiger partial charge in [0.05, 0.1) is 5.71 Å². The van der Waals surface area contributed by atoms with Crippen molar-refractivity contribution in [2.75, 3.05) is 11.9 Å². The zero-order valence-electron chi connectivity index (χ0n) is 16.6. The van der Waals surface area contributed by atoms with Crippen LogP contribution in [0.25, 0.3) is 0 Å². The summed E-state index contributed by atoms with van der Waals surface area (Å²) in [6.07, 6.45) is 0.162. The van der Waals surface area contributed by atoms with E-state index in [4.69, 9.17) is 0 Å². The maximum absolute atomic E-state index is 12.9. The highest BCUT2D eigenvalue weighted by atomic mass is 32.2. The molecule has 0 aromatic carbocycles. The van der Waals surface area contributed by atoms with Gasteiger partial charge in [0.15, 0.2) is 0 Å². The molecule has 11 heteroatoms. The van der Waals surface area contributed by atoms with Gasteiger partial charge >= 0.3 is 16.4 Å². The van der Waals surface area contributed by atoms with Crippen LogP contribution >= 0.6 is 0 Å². The number of rotatable bonds is 4. The predicted octanol–water partition coefficient (Wildman–Crippen LogP) is 3.77. The first-order valence-corrected chi connectivity index (χ1v) is 11.1. The number of nitrogens with zero attached hydrogens (tertiary/aromatic N) is 3. The van der Waals surface area contributed by atoms with Crippen LogP contribution in [-0.4, -0.2) is 35.9 Å². The second kappa shape index (κ2) is 8.37. The molecule has 1 amide bonds. The lowest BCUT2D eigenvalue weighted by molar-refractivity contribution is -0.141. The molecular formula is C19H23F3N4O3S. The molecule has 0 bridgehead atoms. The number of carbonyl (C=O) groups is 1. The van der Waals surface area contributed by atoms with Crippen molar-refractivity contribution < 1.29 is 26.4 Å². The van der Waals surface area contributed by atoms with Crippen molar-refractivity contribution in [3.63, 3.8) is 0 Å². The first kappa shape index (κ1) is 22.3. The molecule has 3 rings (SSSR count). The second-order valence-electron chi connectivity index (χ2n) is 7.51. The number of alkyl halides is 3. The molecule has 1 fully saturated rings. The van der Waals surface area contributed by atoms with Crippen LogP contribution in [0, 0.1) is 11.8 Å². The average molecular weight is 444 g/mol. The van der Waals surface area contributed by atoms with Crippen LogP contribution in [-0.2, 0) is 21.2 Å². The molecule has 0 radical (unpaired) electrons. The van der Waals surface area contributed by atoms with Crippen molar-refractivity contribution in [1.82, 2.24) is 9.29 Å². The quantitative estimate of drug-likeness (QED) is 0.765. The van der Waals surface area contributed by atoms with Crippen LogP contribution in [0.4, 0.5) is 19.0 Å². The van der Waals surface area contributed by atoms with Crippen molar-refractivity contribution in [2.24, 2.45) is 16.2 Å². The highest BCUT2D eigenvalue weighted by molar-refractivity contribution is 7.88. The van der Waals surface area contributed by atoms with Crippen LogP contribution in [0.15, 0.2) is 34.4 Å². The van der Waals surface area contributed by atoms with Gasteiger partial charge in [-0.25, -0.2) is 9.29 Å². The van der Waals surface area contributed by atoms with Crippen LogP contribution in [0.2, 0.25) is 0 Å². The molecule has 1 saturated carbocycles. The Balaban J connectivity index is 1.89. The Hall–Kier alpha value is -2.43. The van der Waals surface area contributed by atoms with E-state index in [-0.39, 0.29) is 24.0 Å². The normalized spacial score (nSPS) is 24.1. The van der Waals surface area contributed by atoms with Gasteiger partial charge in [0.25, 0.3) is 5.91 Å². The number of nitrogens with one attached hydrogen (secondary N) is 1. The highest BCUT2D eigenvalue weighted by Crippen LogP contribution is 2.33. The number of allylic oxidation sites excluding steroid dienone is 1. The van der Waals surface area contributed by atoms with Crippen molar-refractivity contribution >= 4 is 27.6 Å². The number of anilines is 1. The minimum absolute atomic E-state index is 0.0455. The molecular weight excluding hydrogens is 421 g/mol. The lowest BCUT2D eigenvalue weighted by Gasteiger charge is -2.31. The molecule has 0 unspecified atom stereocenters. The van der Waals surface area contributed by atoms with E-state index in [1.165, 1.54) is 12.1 Å². The SMILES string of the molecule is CCN1C(C(=O)Nc2cccc(C(F)(F)F)n2)=CC(C2CCC(C)CC2)=NS1(=O)=O. The van der Waals surface area contributed by atoms with Crippen LogP contribution < -0.4 is 5.32 Å². The lowest BCUT2D eigenvalue weighted by atomic mass is 9.80. The van der Waals surface area contributed by atoms with Gasteiger partial charge in [0, 0.05) is 12.5 Å². The smallest absolute Gasteiger partial charge is 0.305 e. The lowest BCUT2D eigenvalue weighted by Crippen LogP contribution is -2.39. The van der Waals surface area contributed by atoms with E-state index in [9.17, 15) is 26.4 Å². The van der Waals surface area contributed by atoms with Gasteiger partial charge in [0.1, 0.15) is 17.2 Å². The molecule has 1 aromatic rings. The number of aromatic nitrogens is 1. The molecule has 2 heterocycles. The first-order chi connectivity index (χ1) is 14.0. The zero-order chi connectivity index (χ0) is 22.1. The van der Waals surface area contributed by atoms with Gasteiger partial charge in [-0.15, -0.1) is 4.40 Å². The van der Waals surface area contributed by atoms with Crippen molar-refractivity contribution in [2.45, 2.75) is 45.7 Å². The third-order valence-electron chi connectivity index (χ3n) is 5.29. The maximum Gasteiger partial charge on any atom is 0.433 e. The Morgan fingerprint density at radius 3 is 2.50 bits per heavy atom. The molecule has 0 saturated heterocycles. The third-order valence-corrected chi connectivity index (χ3v) is 6.74. The molecule has 7 nitrogen and oxygen atoms in total. The second-order valence-corrected chi connectivity index (χ2v) is 9.02. The molecule has 0 spiro atoms. The van der Waals surface area contributed by atoms with Gasteiger partial charge < -0.3 is 5.32 Å². The largest absolute Gasteiger partial charge is 0.433 e. The summed E-state index contributed by atoms with van der Waals surface area (Å²) in [5.74, 6) is -0.707. The topological polar surface area (TPSA) is 91.7 Å². The minimum atomic E-state index is -4.67. The summed E-state index contributed by atoms with van der Waals surface area (Å²) in [5, 5.41) is 2.28. The van der Waals surface area contributed by atoms with Gasteiger partial charge in [0.2, 0.25) is 0 Å². The molecule has 1 aliphatic carbocycles. The van der Waals surface area contributed by atoms with Crippen molar-refractivity contribution in [3.8, 4) is 0 Å². The zero-order valence-corrected chi connectivity index (χ0v) is 17.4. The molecule has 30 heavy (non-hydrogen) atoms. The number of likely N-dealkylation sites (N-methyl/N-ethyl adjacent to an activating group) is 1. The summed E-state index contributed by atoms with van der Waals surface area (Å²) < 4.78 is 68.6. The number of hydrogen-bond donors (Lipinski definition) is 1. The summed E-state index contributed by atoms with van der Waals surface area (Å²) in [6, 6.07) is 3.11. The third kappa shape index (κ3) is 4.82. The van der Waals surface area contributed by atoms with Crippen LogP contribution in [0.5, 0.6) is 0 Å².